The Morgan fingerprint density at radius 2 is 2.15 bits per heavy atom. The lowest BCUT2D eigenvalue weighted by Crippen LogP contribution is -2.24. The van der Waals surface area contributed by atoms with Crippen molar-refractivity contribution < 1.29 is 4.74 Å². The van der Waals surface area contributed by atoms with E-state index >= 15 is 0 Å². The number of hydrogen-bond acceptors (Lipinski definition) is 5. The number of ether oxygens (including phenoxy) is 1. The van der Waals surface area contributed by atoms with Crippen LogP contribution in [-0.4, -0.2) is 36.8 Å². The molecule has 0 spiro atoms. The van der Waals surface area contributed by atoms with Crippen molar-refractivity contribution >= 4 is 27.4 Å². The van der Waals surface area contributed by atoms with Gasteiger partial charge in [-0.25, -0.2) is 9.97 Å². The first-order chi connectivity index (χ1) is 9.65. The maximum atomic E-state index is 5.72. The van der Waals surface area contributed by atoms with Crippen molar-refractivity contribution in [2.75, 3.05) is 31.7 Å². The van der Waals surface area contributed by atoms with Gasteiger partial charge in [-0.3, -0.25) is 0 Å². The van der Waals surface area contributed by atoms with Crippen LogP contribution in [0.25, 0.3) is 10.2 Å². The molecular formula is C15H21N3OS. The fourth-order valence-electron chi connectivity index (χ4n) is 2.28. The Kier molecular flexibility index (Phi) is 3.89. The second kappa shape index (κ2) is 5.66. The first-order valence-corrected chi connectivity index (χ1v) is 8.04. The Hall–Kier alpha value is -1.20. The smallest absolute Gasteiger partial charge is 0.141 e. The predicted octanol–water partition coefficient (Wildman–Crippen LogP) is 3.17. The van der Waals surface area contributed by atoms with Crippen LogP contribution in [0.3, 0.4) is 0 Å². The van der Waals surface area contributed by atoms with Gasteiger partial charge in [0.15, 0.2) is 0 Å². The Bertz CT molecular complexity index is 606. The van der Waals surface area contributed by atoms with Crippen molar-refractivity contribution in [2.45, 2.75) is 26.7 Å². The molecule has 0 saturated heterocycles. The van der Waals surface area contributed by atoms with E-state index in [9.17, 15) is 0 Å². The lowest BCUT2D eigenvalue weighted by atomic mass is 10.2. The molecule has 1 saturated carbocycles. The normalized spacial score (nSPS) is 14.9. The van der Waals surface area contributed by atoms with Crippen LogP contribution in [0.1, 0.15) is 24.2 Å². The fraction of sp³-hybridized carbons (Fsp3) is 0.600. The van der Waals surface area contributed by atoms with E-state index in [0.29, 0.717) is 0 Å². The van der Waals surface area contributed by atoms with Crippen molar-refractivity contribution in [1.82, 2.24) is 9.97 Å². The van der Waals surface area contributed by atoms with E-state index in [1.54, 1.807) is 11.3 Å². The zero-order chi connectivity index (χ0) is 14.1. The van der Waals surface area contributed by atoms with E-state index in [1.807, 2.05) is 6.92 Å². The summed E-state index contributed by atoms with van der Waals surface area (Å²) in [6.07, 6.45) is 2.69. The summed E-state index contributed by atoms with van der Waals surface area (Å²) in [5.41, 5.74) is 1.26. The highest BCUT2D eigenvalue weighted by Crippen LogP contribution is 2.31. The van der Waals surface area contributed by atoms with Crippen molar-refractivity contribution in [3.8, 4) is 0 Å². The van der Waals surface area contributed by atoms with Gasteiger partial charge < -0.3 is 9.64 Å². The lowest BCUT2D eigenvalue weighted by molar-refractivity contribution is 0.131. The Labute approximate surface area is 123 Å². The highest BCUT2D eigenvalue weighted by Gasteiger charge is 2.21. The largest absolute Gasteiger partial charge is 0.379 e. The van der Waals surface area contributed by atoms with E-state index in [-0.39, 0.29) is 0 Å². The second-order valence-corrected chi connectivity index (χ2v) is 6.49. The topological polar surface area (TPSA) is 38.2 Å². The van der Waals surface area contributed by atoms with Gasteiger partial charge in [0.1, 0.15) is 16.5 Å². The van der Waals surface area contributed by atoms with Crippen LogP contribution in [0.4, 0.5) is 5.82 Å². The van der Waals surface area contributed by atoms with Crippen molar-refractivity contribution in [3.05, 3.63) is 16.8 Å². The molecule has 1 fully saturated rings. The number of aromatic nitrogens is 2. The van der Waals surface area contributed by atoms with Crippen LogP contribution in [0.15, 0.2) is 5.38 Å². The number of thiophene rings is 1. The Morgan fingerprint density at radius 1 is 1.35 bits per heavy atom. The van der Waals surface area contributed by atoms with Gasteiger partial charge in [0.05, 0.1) is 12.0 Å². The standard InChI is InChI=1S/C15H21N3OS/c1-10-9-20-15-13(10)14(16-11(2)17-15)18(3)6-7-19-8-12-4-5-12/h9,12H,4-8H2,1-3H3. The first kappa shape index (κ1) is 13.8. The molecule has 2 aromatic rings. The van der Waals surface area contributed by atoms with Gasteiger partial charge in [0.2, 0.25) is 0 Å². The average Bonchev–Trinajstić information content (AvgIpc) is 3.17. The molecule has 2 heterocycles. The van der Waals surface area contributed by atoms with Crippen LogP contribution in [0, 0.1) is 19.8 Å². The molecule has 1 aliphatic rings. The molecule has 0 radical (unpaired) electrons. The summed E-state index contributed by atoms with van der Waals surface area (Å²) in [5, 5.41) is 3.34. The number of fused-ring (bicyclic) bond motifs is 1. The lowest BCUT2D eigenvalue weighted by Gasteiger charge is -2.19. The first-order valence-electron chi connectivity index (χ1n) is 7.16. The maximum absolute atomic E-state index is 5.72. The summed E-state index contributed by atoms with van der Waals surface area (Å²) < 4.78 is 5.72. The number of rotatable bonds is 6. The van der Waals surface area contributed by atoms with E-state index in [4.69, 9.17) is 4.74 Å². The zero-order valence-corrected chi connectivity index (χ0v) is 13.2. The van der Waals surface area contributed by atoms with Crippen LogP contribution < -0.4 is 4.90 Å². The van der Waals surface area contributed by atoms with Crippen molar-refractivity contribution in [3.63, 3.8) is 0 Å². The van der Waals surface area contributed by atoms with Gasteiger partial charge in [-0.05, 0) is 43.6 Å². The molecule has 0 aromatic carbocycles. The molecule has 0 bridgehead atoms. The van der Waals surface area contributed by atoms with Gasteiger partial charge in [-0.1, -0.05) is 0 Å². The number of nitrogens with zero attached hydrogens (tertiary/aromatic N) is 3. The third kappa shape index (κ3) is 2.94. The number of hydrogen-bond donors (Lipinski definition) is 0. The number of anilines is 1. The van der Waals surface area contributed by atoms with Gasteiger partial charge in [-0.2, -0.15) is 0 Å². The van der Waals surface area contributed by atoms with E-state index in [0.717, 1.165) is 42.1 Å². The minimum absolute atomic E-state index is 0.765. The predicted molar refractivity (Wildman–Crippen MR) is 83.7 cm³/mol. The van der Waals surface area contributed by atoms with E-state index in [2.05, 4.69) is 34.2 Å². The summed E-state index contributed by atoms with van der Waals surface area (Å²) in [6.45, 7) is 6.63. The maximum Gasteiger partial charge on any atom is 0.141 e. The summed E-state index contributed by atoms with van der Waals surface area (Å²) in [6, 6.07) is 0. The molecule has 0 amide bonds. The third-order valence-electron chi connectivity index (χ3n) is 3.69. The molecule has 3 rings (SSSR count). The summed E-state index contributed by atoms with van der Waals surface area (Å²) in [4.78, 5) is 12.4. The molecule has 108 valence electrons. The van der Waals surface area contributed by atoms with E-state index in [1.165, 1.54) is 23.8 Å². The molecule has 0 unspecified atom stereocenters. The summed E-state index contributed by atoms with van der Waals surface area (Å²) >= 11 is 1.69. The second-order valence-electron chi connectivity index (χ2n) is 5.63. The van der Waals surface area contributed by atoms with Gasteiger partial charge in [0.25, 0.3) is 0 Å². The van der Waals surface area contributed by atoms with Gasteiger partial charge in [-0.15, -0.1) is 11.3 Å². The molecule has 2 aromatic heterocycles. The zero-order valence-electron chi connectivity index (χ0n) is 12.3. The molecule has 0 N–H and O–H groups in total. The Morgan fingerprint density at radius 3 is 2.90 bits per heavy atom. The van der Waals surface area contributed by atoms with Crippen molar-refractivity contribution in [2.24, 2.45) is 5.92 Å². The summed E-state index contributed by atoms with van der Waals surface area (Å²) in [5.74, 6) is 2.69. The number of likely N-dealkylation sites (N-methyl/N-ethyl adjacent to an activating group) is 1. The molecule has 20 heavy (non-hydrogen) atoms. The minimum atomic E-state index is 0.765. The fourth-order valence-corrected chi connectivity index (χ4v) is 3.25. The number of aryl methyl sites for hydroxylation is 2. The molecular weight excluding hydrogens is 270 g/mol. The molecule has 4 nitrogen and oxygen atoms in total. The van der Waals surface area contributed by atoms with Gasteiger partial charge >= 0.3 is 0 Å². The highest BCUT2D eigenvalue weighted by atomic mass is 32.1. The Balaban J connectivity index is 1.72. The minimum Gasteiger partial charge on any atom is -0.379 e. The molecule has 0 atom stereocenters. The van der Waals surface area contributed by atoms with Crippen LogP contribution in [0.2, 0.25) is 0 Å². The van der Waals surface area contributed by atoms with Crippen molar-refractivity contribution in [1.29, 1.82) is 0 Å². The molecule has 1 aliphatic carbocycles. The monoisotopic (exact) mass is 291 g/mol. The highest BCUT2D eigenvalue weighted by molar-refractivity contribution is 7.17. The SMILES string of the molecule is Cc1nc(N(C)CCOCC2CC2)c2c(C)csc2n1. The summed E-state index contributed by atoms with van der Waals surface area (Å²) in [7, 11) is 2.08. The van der Waals surface area contributed by atoms with Crippen LogP contribution >= 0.6 is 11.3 Å². The average molecular weight is 291 g/mol. The molecule has 5 heteroatoms. The van der Waals surface area contributed by atoms with E-state index < -0.39 is 0 Å². The van der Waals surface area contributed by atoms with Crippen LogP contribution in [0.5, 0.6) is 0 Å². The quantitative estimate of drug-likeness (QED) is 0.766. The van der Waals surface area contributed by atoms with Crippen LogP contribution in [-0.2, 0) is 4.74 Å². The third-order valence-corrected chi connectivity index (χ3v) is 4.68. The van der Waals surface area contributed by atoms with Gasteiger partial charge in [0, 0.05) is 20.2 Å². The molecule has 0 aliphatic heterocycles.